The third-order valence-corrected chi connectivity index (χ3v) is 9.45. The van der Waals surface area contributed by atoms with Crippen LogP contribution in [-0.2, 0) is 42.1 Å². The van der Waals surface area contributed by atoms with E-state index in [1.807, 2.05) is 24.3 Å². The van der Waals surface area contributed by atoms with E-state index >= 15 is 0 Å². The van der Waals surface area contributed by atoms with Gasteiger partial charge in [-0.25, -0.2) is 9.78 Å². The van der Waals surface area contributed by atoms with Crippen LogP contribution in [0, 0.1) is 0 Å². The van der Waals surface area contributed by atoms with Crippen molar-refractivity contribution in [3.8, 4) is 5.75 Å². The van der Waals surface area contributed by atoms with E-state index < -0.39 is 34.9 Å². The van der Waals surface area contributed by atoms with Gasteiger partial charge in [0.2, 0.25) is 11.8 Å². The molecular weight excluding hydrogens is 594 g/mol. The number of nitrogens with one attached hydrogen (secondary N) is 2. The first-order valence-electron chi connectivity index (χ1n) is 15.0. The number of ether oxygens (including phenoxy) is 3. The summed E-state index contributed by atoms with van der Waals surface area (Å²) < 4.78 is 16.7. The number of piperazine rings is 1. The summed E-state index contributed by atoms with van der Waals surface area (Å²) in [6.07, 6.45) is 1.35. The highest BCUT2D eigenvalue weighted by Crippen LogP contribution is 2.47. The van der Waals surface area contributed by atoms with Gasteiger partial charge in [-0.15, -0.1) is 0 Å². The van der Waals surface area contributed by atoms with Crippen LogP contribution >= 0.6 is 0 Å². The lowest BCUT2D eigenvalue weighted by Gasteiger charge is -2.50. The highest BCUT2D eigenvalue weighted by atomic mass is 16.5. The molecule has 238 valence electrons. The van der Waals surface area contributed by atoms with Crippen molar-refractivity contribution in [1.29, 1.82) is 0 Å². The Morgan fingerprint density at radius 3 is 2.61 bits per heavy atom. The quantitative estimate of drug-likeness (QED) is 0.386. The first kappa shape index (κ1) is 29.7. The minimum absolute atomic E-state index is 0.0917. The molecule has 1 aromatic heterocycles. The lowest BCUT2D eigenvalue weighted by molar-refractivity contribution is -0.163. The van der Waals surface area contributed by atoms with Crippen molar-refractivity contribution in [2.75, 3.05) is 57.3 Å². The number of amides is 4. The molecule has 7 rings (SSSR count). The predicted molar refractivity (Wildman–Crippen MR) is 164 cm³/mol. The zero-order chi connectivity index (χ0) is 32.1. The summed E-state index contributed by atoms with van der Waals surface area (Å²) in [5, 5.41) is 16.0. The van der Waals surface area contributed by atoms with Gasteiger partial charge >= 0.3 is 6.09 Å². The van der Waals surface area contributed by atoms with Crippen molar-refractivity contribution in [3.63, 3.8) is 0 Å². The van der Waals surface area contributed by atoms with Crippen LogP contribution in [0.1, 0.15) is 28.3 Å². The minimum atomic E-state index is -1.65. The van der Waals surface area contributed by atoms with E-state index in [0.717, 1.165) is 21.6 Å². The van der Waals surface area contributed by atoms with Gasteiger partial charge in [0, 0.05) is 24.0 Å². The number of rotatable bonds is 5. The van der Waals surface area contributed by atoms with Crippen LogP contribution in [0.2, 0.25) is 0 Å². The maximum absolute atomic E-state index is 14.3. The monoisotopic (exact) mass is 627 g/mol. The maximum atomic E-state index is 14.3. The SMILES string of the molecule is COc1cccc(C2CN(C(=O)O)C3(COCCOC3)C(=O)N2CC(=O)Nc2ccc3c(c2)C[C@@]2(C3)C(=O)Nc3ncccc32)c1. The van der Waals surface area contributed by atoms with Crippen LogP contribution in [-0.4, -0.2) is 95.9 Å². The Bertz CT molecular complexity index is 1740. The lowest BCUT2D eigenvalue weighted by atomic mass is 9.79. The molecule has 13 nitrogen and oxygen atoms in total. The van der Waals surface area contributed by atoms with E-state index in [4.69, 9.17) is 14.2 Å². The molecule has 0 saturated carbocycles. The molecule has 3 aromatic rings. The van der Waals surface area contributed by atoms with Gasteiger partial charge in [-0.05, 0) is 59.9 Å². The normalized spacial score (nSPS) is 23.1. The molecule has 13 heteroatoms. The predicted octanol–water partition coefficient (Wildman–Crippen LogP) is 2.37. The molecule has 2 saturated heterocycles. The molecule has 1 aliphatic carbocycles. The van der Waals surface area contributed by atoms with Gasteiger partial charge in [-0.3, -0.25) is 19.3 Å². The van der Waals surface area contributed by atoms with Crippen LogP contribution in [0.3, 0.4) is 0 Å². The second-order valence-electron chi connectivity index (χ2n) is 12.1. The molecule has 46 heavy (non-hydrogen) atoms. The average Bonchev–Trinajstić information content (AvgIpc) is 3.44. The van der Waals surface area contributed by atoms with Crippen molar-refractivity contribution < 1.29 is 38.5 Å². The van der Waals surface area contributed by atoms with Gasteiger partial charge in [0.05, 0.1) is 45.0 Å². The number of hydrogen-bond acceptors (Lipinski definition) is 8. The smallest absolute Gasteiger partial charge is 0.408 e. The summed E-state index contributed by atoms with van der Waals surface area (Å²) in [6, 6.07) is 15.5. The van der Waals surface area contributed by atoms with Crippen molar-refractivity contribution in [1.82, 2.24) is 14.8 Å². The second kappa shape index (κ2) is 11.4. The average molecular weight is 628 g/mol. The number of anilines is 2. The van der Waals surface area contributed by atoms with Gasteiger partial charge in [-0.2, -0.15) is 0 Å². The Labute approximate surface area is 264 Å². The fourth-order valence-electron chi connectivity index (χ4n) is 7.17. The van der Waals surface area contributed by atoms with Crippen LogP contribution in [0.15, 0.2) is 60.8 Å². The summed E-state index contributed by atoms with van der Waals surface area (Å²) in [7, 11) is 1.52. The second-order valence-corrected chi connectivity index (χ2v) is 12.1. The molecular formula is C33H33N5O8. The molecule has 2 fully saturated rings. The van der Waals surface area contributed by atoms with E-state index in [-0.39, 0.29) is 45.4 Å². The molecule has 4 amide bonds. The van der Waals surface area contributed by atoms with Crippen molar-refractivity contribution in [2.45, 2.75) is 29.8 Å². The Kier molecular flexibility index (Phi) is 7.36. The number of aromatic nitrogens is 1. The molecule has 2 spiro atoms. The Balaban J connectivity index is 1.16. The van der Waals surface area contributed by atoms with Gasteiger partial charge in [-0.1, -0.05) is 24.3 Å². The maximum Gasteiger partial charge on any atom is 0.408 e. The minimum Gasteiger partial charge on any atom is -0.497 e. The van der Waals surface area contributed by atoms with Crippen LogP contribution in [0.5, 0.6) is 5.75 Å². The van der Waals surface area contributed by atoms with E-state index in [2.05, 4.69) is 15.6 Å². The molecule has 0 radical (unpaired) electrons. The number of pyridine rings is 1. The first-order chi connectivity index (χ1) is 22.2. The van der Waals surface area contributed by atoms with Gasteiger partial charge in [0.15, 0.2) is 5.54 Å². The number of carboxylic acid groups (broad SMARTS) is 1. The number of fused-ring (bicyclic) bond motifs is 3. The molecule has 2 atom stereocenters. The number of methoxy groups -OCH3 is 1. The third-order valence-electron chi connectivity index (χ3n) is 9.45. The summed E-state index contributed by atoms with van der Waals surface area (Å²) >= 11 is 0. The number of carbonyl (C=O) groups excluding carboxylic acids is 3. The summed E-state index contributed by atoms with van der Waals surface area (Å²) in [5.74, 6) is -0.0268. The van der Waals surface area contributed by atoms with Crippen LogP contribution in [0.25, 0.3) is 0 Å². The van der Waals surface area contributed by atoms with Gasteiger partial charge < -0.3 is 34.9 Å². The molecule has 1 unspecified atom stereocenters. The summed E-state index contributed by atoms with van der Waals surface area (Å²) in [4.78, 5) is 60.4. The van der Waals surface area contributed by atoms with Crippen LogP contribution < -0.4 is 15.4 Å². The summed E-state index contributed by atoms with van der Waals surface area (Å²) in [6.45, 7) is -0.414. The van der Waals surface area contributed by atoms with E-state index in [1.54, 1.807) is 36.5 Å². The highest BCUT2D eigenvalue weighted by Gasteiger charge is 2.56. The van der Waals surface area contributed by atoms with E-state index in [9.17, 15) is 24.3 Å². The lowest BCUT2D eigenvalue weighted by Crippen LogP contribution is -2.71. The number of carbonyl (C=O) groups is 4. The first-order valence-corrected chi connectivity index (χ1v) is 15.0. The van der Waals surface area contributed by atoms with E-state index in [0.29, 0.717) is 35.7 Å². The number of benzene rings is 2. The molecule has 2 aromatic carbocycles. The van der Waals surface area contributed by atoms with E-state index in [1.165, 1.54) is 12.0 Å². The summed E-state index contributed by atoms with van der Waals surface area (Å²) in [5.41, 5.74) is 1.57. The standard InChI is InChI=1S/C33H33N5O8/c1-44-24-5-2-4-20(13-24)26-16-38(31(42)43)33(18-45-10-11-46-19-33)30(41)37(26)17-27(39)35-23-8-7-21-14-32(15-22(21)12-23)25-6-3-9-34-28(25)36-29(32)40/h2-9,12-13,26H,10-11,14-19H2,1H3,(H,35,39)(H,42,43)(H,34,36,40)/t26?,32-/m1/s1. The number of nitrogens with zero attached hydrogens (tertiary/aromatic N) is 3. The fourth-order valence-corrected chi connectivity index (χ4v) is 7.17. The number of hydrogen-bond donors (Lipinski definition) is 3. The Morgan fingerprint density at radius 2 is 1.85 bits per heavy atom. The largest absolute Gasteiger partial charge is 0.497 e. The molecule has 4 heterocycles. The zero-order valence-corrected chi connectivity index (χ0v) is 25.2. The van der Waals surface area contributed by atoms with Crippen molar-refractivity contribution in [2.24, 2.45) is 0 Å². The van der Waals surface area contributed by atoms with Gasteiger partial charge in [0.25, 0.3) is 5.91 Å². The highest BCUT2D eigenvalue weighted by molar-refractivity contribution is 6.06. The zero-order valence-electron chi connectivity index (χ0n) is 25.2. The fraction of sp³-hybridized carbons (Fsp3) is 0.364. The Hall–Kier alpha value is -5.01. The topological polar surface area (TPSA) is 160 Å². The molecule has 3 N–H and O–H groups in total. The van der Waals surface area contributed by atoms with Crippen molar-refractivity contribution in [3.05, 3.63) is 83.0 Å². The molecule has 0 bridgehead atoms. The Morgan fingerprint density at radius 1 is 1.07 bits per heavy atom. The molecule has 3 aliphatic heterocycles. The molecule has 4 aliphatic rings. The van der Waals surface area contributed by atoms with Crippen molar-refractivity contribution >= 4 is 35.3 Å². The van der Waals surface area contributed by atoms with Crippen LogP contribution in [0.4, 0.5) is 16.3 Å². The third kappa shape index (κ3) is 4.83. The van der Waals surface area contributed by atoms with Gasteiger partial charge in [0.1, 0.15) is 18.1 Å².